The van der Waals surface area contributed by atoms with Gasteiger partial charge in [0, 0.05) is 30.9 Å². The Balaban J connectivity index is 1.40. The smallest absolute Gasteiger partial charge is 0.240 e. The second-order valence-electron chi connectivity index (χ2n) is 9.66. The highest BCUT2D eigenvalue weighted by Crippen LogP contribution is 2.29. The summed E-state index contributed by atoms with van der Waals surface area (Å²) >= 11 is 6.06. The first-order valence-corrected chi connectivity index (χ1v) is 14.8. The fraction of sp³-hybridized carbons (Fsp3) is 0.480. The van der Waals surface area contributed by atoms with Crippen LogP contribution in [0.5, 0.6) is 0 Å². The highest BCUT2D eigenvalue weighted by Gasteiger charge is 2.39. The number of hydrogen-bond acceptors (Lipinski definition) is 8. The molecule has 1 atom stereocenters. The molecule has 2 aromatic heterocycles. The van der Waals surface area contributed by atoms with Gasteiger partial charge in [-0.1, -0.05) is 23.7 Å². The molecule has 0 aliphatic carbocycles. The van der Waals surface area contributed by atoms with Crippen molar-refractivity contribution in [3.63, 3.8) is 0 Å². The summed E-state index contributed by atoms with van der Waals surface area (Å²) in [6.07, 6.45) is 5.73. The molecule has 13 heteroatoms. The van der Waals surface area contributed by atoms with Gasteiger partial charge in [0.2, 0.25) is 15.9 Å². The number of carbonyl (C=O) groups is 1. The first-order chi connectivity index (χ1) is 18.2. The number of halogens is 1. The number of aromatic amines is 1. The summed E-state index contributed by atoms with van der Waals surface area (Å²) in [6.45, 7) is 1.75. The van der Waals surface area contributed by atoms with E-state index in [1.54, 1.807) is 12.1 Å². The van der Waals surface area contributed by atoms with E-state index in [0.29, 0.717) is 56.8 Å². The average molecular weight is 563 g/mol. The largest absolute Gasteiger partial charge is 0.356 e. The van der Waals surface area contributed by atoms with Crippen molar-refractivity contribution in [2.45, 2.75) is 43.7 Å². The second-order valence-corrected chi connectivity index (χ2v) is 12.0. The SMILES string of the molecule is NCCCCS(=O)(=O)NCC[C@H](NC(=O)C1(N)CCN(c2ncnc3[nH]ccc23)CC1)c1ccc(Cl)cc1. The molecule has 1 aliphatic heterocycles. The standard InChI is InChI=1S/C25H35ClN8O3S/c26-19-5-3-18(4-6-19)21(8-13-32-38(36,37)16-2-1-11-27)33-24(35)25(28)9-14-34(15-10-25)23-20-7-12-29-22(20)30-17-31-23/h3-7,12,17,21,32H,1-2,8-11,13-16,27-28H2,(H,33,35)(H,29,30,31)/t21-/m0/s1. The van der Waals surface area contributed by atoms with Crippen LogP contribution < -0.4 is 26.4 Å². The molecular formula is C25H35ClN8O3S. The van der Waals surface area contributed by atoms with E-state index in [2.05, 4.69) is 29.9 Å². The number of nitrogens with two attached hydrogens (primary N) is 2. The van der Waals surface area contributed by atoms with Crippen LogP contribution in [0.3, 0.4) is 0 Å². The van der Waals surface area contributed by atoms with Crippen molar-refractivity contribution in [2.75, 3.05) is 36.8 Å². The monoisotopic (exact) mass is 562 g/mol. The van der Waals surface area contributed by atoms with Crippen LogP contribution in [0.15, 0.2) is 42.9 Å². The molecule has 0 bridgehead atoms. The lowest BCUT2D eigenvalue weighted by Crippen LogP contribution is -2.60. The van der Waals surface area contributed by atoms with Crippen LogP contribution >= 0.6 is 11.6 Å². The fourth-order valence-electron chi connectivity index (χ4n) is 4.64. The third-order valence-electron chi connectivity index (χ3n) is 6.94. The summed E-state index contributed by atoms with van der Waals surface area (Å²) in [5.41, 5.74) is 12.6. The normalized spacial score (nSPS) is 16.4. The van der Waals surface area contributed by atoms with Crippen molar-refractivity contribution < 1.29 is 13.2 Å². The van der Waals surface area contributed by atoms with E-state index in [1.807, 2.05) is 24.4 Å². The van der Waals surface area contributed by atoms with Crippen LogP contribution in [-0.2, 0) is 14.8 Å². The number of aromatic nitrogens is 3. The number of rotatable bonds is 12. The van der Waals surface area contributed by atoms with E-state index >= 15 is 0 Å². The number of nitrogens with one attached hydrogen (secondary N) is 3. The van der Waals surface area contributed by atoms with E-state index in [-0.39, 0.29) is 18.2 Å². The molecule has 0 radical (unpaired) electrons. The molecule has 11 nitrogen and oxygen atoms in total. The number of hydrogen-bond donors (Lipinski definition) is 5. The van der Waals surface area contributed by atoms with Gasteiger partial charge in [-0.2, -0.15) is 0 Å². The Morgan fingerprint density at radius 1 is 1.16 bits per heavy atom. The first kappa shape index (κ1) is 28.2. The van der Waals surface area contributed by atoms with Crippen molar-refractivity contribution in [1.29, 1.82) is 0 Å². The van der Waals surface area contributed by atoms with E-state index in [4.69, 9.17) is 23.1 Å². The van der Waals surface area contributed by atoms with Crippen molar-refractivity contribution in [2.24, 2.45) is 11.5 Å². The number of unbranched alkanes of at least 4 members (excludes halogenated alkanes) is 1. The summed E-state index contributed by atoms with van der Waals surface area (Å²) < 4.78 is 27.2. The predicted molar refractivity (Wildman–Crippen MR) is 149 cm³/mol. The van der Waals surface area contributed by atoms with Crippen LogP contribution in [0.2, 0.25) is 5.02 Å². The summed E-state index contributed by atoms with van der Waals surface area (Å²) in [4.78, 5) is 27.4. The van der Waals surface area contributed by atoms with E-state index in [1.165, 1.54) is 6.33 Å². The maximum atomic E-state index is 13.5. The van der Waals surface area contributed by atoms with E-state index in [9.17, 15) is 13.2 Å². The molecule has 3 aromatic rings. The second kappa shape index (κ2) is 12.4. The maximum absolute atomic E-state index is 13.5. The molecule has 4 rings (SSSR count). The third-order valence-corrected chi connectivity index (χ3v) is 8.66. The molecule has 0 saturated carbocycles. The molecule has 0 unspecified atom stereocenters. The summed E-state index contributed by atoms with van der Waals surface area (Å²) in [6, 6.07) is 8.63. The zero-order valence-corrected chi connectivity index (χ0v) is 22.8. The minimum Gasteiger partial charge on any atom is -0.356 e. The lowest BCUT2D eigenvalue weighted by Gasteiger charge is -2.39. The van der Waals surface area contributed by atoms with Gasteiger partial charge in [-0.3, -0.25) is 4.79 Å². The molecule has 1 saturated heterocycles. The predicted octanol–water partition coefficient (Wildman–Crippen LogP) is 1.81. The molecule has 1 aliphatic rings. The Kier molecular flexibility index (Phi) is 9.21. The maximum Gasteiger partial charge on any atom is 0.240 e. The van der Waals surface area contributed by atoms with E-state index in [0.717, 1.165) is 22.4 Å². The van der Waals surface area contributed by atoms with Crippen molar-refractivity contribution >= 4 is 44.4 Å². The lowest BCUT2D eigenvalue weighted by molar-refractivity contribution is -0.128. The zero-order chi connectivity index (χ0) is 27.2. The molecular weight excluding hydrogens is 528 g/mol. The molecule has 38 heavy (non-hydrogen) atoms. The Bertz CT molecular complexity index is 1320. The highest BCUT2D eigenvalue weighted by molar-refractivity contribution is 7.89. The van der Waals surface area contributed by atoms with Crippen LogP contribution in [-0.4, -0.2) is 66.7 Å². The summed E-state index contributed by atoms with van der Waals surface area (Å²) in [5, 5.41) is 4.57. The van der Waals surface area contributed by atoms with Gasteiger partial charge in [-0.15, -0.1) is 0 Å². The van der Waals surface area contributed by atoms with Crippen molar-refractivity contribution in [3.05, 3.63) is 53.4 Å². The third kappa shape index (κ3) is 7.00. The highest BCUT2D eigenvalue weighted by atomic mass is 35.5. The molecule has 1 fully saturated rings. The van der Waals surface area contributed by atoms with Gasteiger partial charge in [-0.05, 0) is 62.4 Å². The number of sulfonamides is 1. The topological polar surface area (TPSA) is 172 Å². The number of fused-ring (bicyclic) bond motifs is 1. The number of piperidine rings is 1. The zero-order valence-electron chi connectivity index (χ0n) is 21.2. The molecule has 7 N–H and O–H groups in total. The number of anilines is 1. The first-order valence-electron chi connectivity index (χ1n) is 12.8. The van der Waals surface area contributed by atoms with Gasteiger partial charge < -0.3 is 26.7 Å². The minimum absolute atomic E-state index is 0.0198. The Hall–Kier alpha value is -2.77. The van der Waals surface area contributed by atoms with Gasteiger partial charge in [0.05, 0.1) is 22.7 Å². The van der Waals surface area contributed by atoms with Crippen LogP contribution in [0.1, 0.15) is 43.7 Å². The van der Waals surface area contributed by atoms with Crippen molar-refractivity contribution in [1.82, 2.24) is 25.0 Å². The van der Waals surface area contributed by atoms with Crippen molar-refractivity contribution in [3.8, 4) is 0 Å². The molecule has 206 valence electrons. The van der Waals surface area contributed by atoms with Gasteiger partial charge in [0.15, 0.2) is 0 Å². The van der Waals surface area contributed by atoms with Crippen LogP contribution in [0, 0.1) is 0 Å². The van der Waals surface area contributed by atoms with Crippen LogP contribution in [0.4, 0.5) is 5.82 Å². The average Bonchev–Trinajstić information content (AvgIpc) is 3.38. The van der Waals surface area contributed by atoms with Crippen LogP contribution in [0.25, 0.3) is 11.0 Å². The number of amides is 1. The lowest BCUT2D eigenvalue weighted by atomic mass is 9.87. The van der Waals surface area contributed by atoms with Gasteiger partial charge in [0.1, 0.15) is 17.8 Å². The minimum atomic E-state index is -3.43. The Labute approximate surface area is 227 Å². The summed E-state index contributed by atoms with van der Waals surface area (Å²) in [7, 11) is -3.43. The quantitative estimate of drug-likeness (QED) is 0.208. The Morgan fingerprint density at radius 2 is 1.89 bits per heavy atom. The molecule has 1 aromatic carbocycles. The van der Waals surface area contributed by atoms with Gasteiger partial charge in [-0.25, -0.2) is 23.1 Å². The number of carbonyl (C=O) groups excluding carboxylic acids is 1. The summed E-state index contributed by atoms with van der Waals surface area (Å²) in [5.74, 6) is 0.570. The molecule has 1 amide bonds. The molecule has 3 heterocycles. The Morgan fingerprint density at radius 3 is 2.61 bits per heavy atom. The number of nitrogens with zero attached hydrogens (tertiary/aromatic N) is 3. The van der Waals surface area contributed by atoms with E-state index < -0.39 is 21.6 Å². The van der Waals surface area contributed by atoms with Gasteiger partial charge in [0.25, 0.3) is 0 Å². The number of H-pyrrole nitrogens is 1. The van der Waals surface area contributed by atoms with Gasteiger partial charge >= 0.3 is 0 Å². The fourth-order valence-corrected chi connectivity index (χ4v) is 5.93. The number of benzene rings is 1. The molecule has 0 spiro atoms.